The second kappa shape index (κ2) is 7.65. The summed E-state index contributed by atoms with van der Waals surface area (Å²) in [4.78, 5) is 16.0. The average molecular weight is 386 g/mol. The van der Waals surface area contributed by atoms with Crippen molar-refractivity contribution in [2.45, 2.75) is 23.8 Å². The maximum atomic E-state index is 12.8. The molecule has 1 saturated carbocycles. The second-order valence-electron chi connectivity index (χ2n) is 5.80. The highest BCUT2D eigenvalue weighted by atomic mass is 35.5. The van der Waals surface area contributed by atoms with Crippen molar-refractivity contribution >= 4 is 39.2 Å². The highest BCUT2D eigenvalue weighted by Gasteiger charge is 2.34. The van der Waals surface area contributed by atoms with E-state index in [1.807, 2.05) is 0 Å². The monoisotopic (exact) mass is 385 g/mol. The van der Waals surface area contributed by atoms with Crippen molar-refractivity contribution in [1.82, 2.24) is 9.71 Å². The molecule has 136 valence electrons. The summed E-state index contributed by atoms with van der Waals surface area (Å²) >= 11 is 0. The molecule has 1 aliphatic carbocycles. The first-order valence-corrected chi connectivity index (χ1v) is 9.14. The van der Waals surface area contributed by atoms with Crippen LogP contribution in [0.2, 0.25) is 0 Å². The number of carbonyl (C=O) groups is 1. The fourth-order valence-corrected chi connectivity index (χ4v) is 4.31. The lowest BCUT2D eigenvalue weighted by Crippen LogP contribution is -2.41. The Hall–Kier alpha value is -1.74. The van der Waals surface area contributed by atoms with Crippen LogP contribution in [0.4, 0.5) is 0 Å². The number of hydrogen-bond donors (Lipinski definition) is 2. The maximum absolute atomic E-state index is 12.8. The molecule has 0 spiro atoms. The van der Waals surface area contributed by atoms with E-state index in [1.165, 1.54) is 19.4 Å². The van der Waals surface area contributed by atoms with Gasteiger partial charge in [0.05, 0.1) is 12.0 Å². The van der Waals surface area contributed by atoms with Gasteiger partial charge in [-0.15, -0.1) is 12.4 Å². The molecule has 7 nitrogen and oxygen atoms in total. The zero-order valence-corrected chi connectivity index (χ0v) is 15.3. The number of halogens is 1. The lowest BCUT2D eigenvalue weighted by atomic mass is 10.1. The average Bonchev–Trinajstić information content (AvgIpc) is 3.42. The van der Waals surface area contributed by atoms with Crippen molar-refractivity contribution < 1.29 is 17.9 Å². The normalized spacial score (nSPS) is 15.4. The molecule has 1 atom stereocenters. The molecular formula is C16H20ClN3O4S. The van der Waals surface area contributed by atoms with Crippen molar-refractivity contribution in [3.05, 3.63) is 36.2 Å². The molecule has 25 heavy (non-hydrogen) atoms. The van der Waals surface area contributed by atoms with Gasteiger partial charge in [0.15, 0.2) is 5.69 Å². The number of hydrogen-bond acceptors (Lipinski definition) is 6. The van der Waals surface area contributed by atoms with Crippen molar-refractivity contribution in [2.24, 2.45) is 11.7 Å². The van der Waals surface area contributed by atoms with E-state index in [1.54, 1.807) is 18.2 Å². The Balaban J connectivity index is 0.00000225. The van der Waals surface area contributed by atoms with Gasteiger partial charge in [0.1, 0.15) is 0 Å². The fourth-order valence-electron chi connectivity index (χ4n) is 2.77. The molecule has 3 N–H and O–H groups in total. The van der Waals surface area contributed by atoms with Gasteiger partial charge in [-0.2, -0.15) is 0 Å². The van der Waals surface area contributed by atoms with E-state index in [0.29, 0.717) is 16.7 Å². The molecule has 0 bridgehead atoms. The number of methoxy groups -OCH3 is 1. The standard InChI is InChI=1S/C16H19N3O4S.ClH/c1-23-16(20)15-12-3-2-4-14(11(12)7-8-18-15)24(21,22)19-13(9-17)10-5-6-10;/h2-4,7-8,10,13,19H,5-6,9,17H2,1H3;1H. The first kappa shape index (κ1) is 19.6. The molecule has 1 heterocycles. The molecule has 1 aromatic carbocycles. The Kier molecular flexibility index (Phi) is 5.99. The summed E-state index contributed by atoms with van der Waals surface area (Å²) in [5.41, 5.74) is 5.78. The van der Waals surface area contributed by atoms with Gasteiger partial charge in [0, 0.05) is 29.6 Å². The minimum Gasteiger partial charge on any atom is -0.464 e. The first-order valence-electron chi connectivity index (χ1n) is 7.66. The number of esters is 1. The number of benzene rings is 1. The Labute approximate surface area is 152 Å². The minimum absolute atomic E-state index is 0. The molecule has 1 fully saturated rings. The van der Waals surface area contributed by atoms with Gasteiger partial charge in [-0.3, -0.25) is 0 Å². The third-order valence-electron chi connectivity index (χ3n) is 4.19. The molecule has 1 aromatic heterocycles. The summed E-state index contributed by atoms with van der Waals surface area (Å²) in [5.74, 6) is -0.312. The number of aromatic nitrogens is 1. The summed E-state index contributed by atoms with van der Waals surface area (Å²) in [6.45, 7) is 0.254. The Morgan fingerprint density at radius 2 is 2.08 bits per heavy atom. The molecule has 0 aliphatic heterocycles. The maximum Gasteiger partial charge on any atom is 0.357 e. The summed E-state index contributed by atoms with van der Waals surface area (Å²) in [6, 6.07) is 6.04. The van der Waals surface area contributed by atoms with Crippen LogP contribution in [0.25, 0.3) is 10.8 Å². The topological polar surface area (TPSA) is 111 Å². The van der Waals surface area contributed by atoms with Crippen LogP contribution in [-0.4, -0.2) is 39.1 Å². The van der Waals surface area contributed by atoms with Crippen molar-refractivity contribution in [2.75, 3.05) is 13.7 Å². The van der Waals surface area contributed by atoms with E-state index >= 15 is 0 Å². The van der Waals surface area contributed by atoms with Gasteiger partial charge < -0.3 is 10.5 Å². The minimum atomic E-state index is -3.76. The van der Waals surface area contributed by atoms with Crippen molar-refractivity contribution in [3.63, 3.8) is 0 Å². The molecule has 0 amide bonds. The third kappa shape index (κ3) is 3.92. The Bertz CT molecular complexity index is 884. The summed E-state index contributed by atoms with van der Waals surface area (Å²) in [5, 5.41) is 0.856. The number of fused-ring (bicyclic) bond motifs is 1. The van der Waals surface area contributed by atoms with Crippen LogP contribution in [0.3, 0.4) is 0 Å². The predicted molar refractivity (Wildman–Crippen MR) is 96.2 cm³/mol. The molecule has 1 unspecified atom stereocenters. The van der Waals surface area contributed by atoms with Crippen LogP contribution in [0, 0.1) is 5.92 Å². The Morgan fingerprint density at radius 3 is 2.68 bits per heavy atom. The smallest absolute Gasteiger partial charge is 0.357 e. The molecule has 9 heteroatoms. The lowest BCUT2D eigenvalue weighted by molar-refractivity contribution is 0.0596. The van der Waals surface area contributed by atoms with Crippen LogP contribution in [0.5, 0.6) is 0 Å². The van der Waals surface area contributed by atoms with E-state index < -0.39 is 16.0 Å². The number of nitrogens with two attached hydrogens (primary N) is 1. The zero-order valence-electron chi connectivity index (χ0n) is 13.6. The van der Waals surface area contributed by atoms with Gasteiger partial charge in [-0.05, 0) is 30.9 Å². The molecule has 3 rings (SSSR count). The van der Waals surface area contributed by atoms with E-state index in [0.717, 1.165) is 12.8 Å². The van der Waals surface area contributed by atoms with Crippen molar-refractivity contribution in [3.8, 4) is 0 Å². The number of nitrogens with zero attached hydrogens (tertiary/aromatic N) is 1. The number of nitrogens with one attached hydrogen (secondary N) is 1. The van der Waals surface area contributed by atoms with Crippen LogP contribution < -0.4 is 10.5 Å². The van der Waals surface area contributed by atoms with Crippen LogP contribution in [0.15, 0.2) is 35.4 Å². The SMILES string of the molecule is COC(=O)c1nccc2c(S(=O)(=O)NC(CN)C3CC3)cccc12.Cl. The van der Waals surface area contributed by atoms with Gasteiger partial charge in [-0.1, -0.05) is 12.1 Å². The molecule has 1 aliphatic rings. The zero-order chi connectivity index (χ0) is 17.3. The van der Waals surface area contributed by atoms with Crippen LogP contribution in [-0.2, 0) is 14.8 Å². The van der Waals surface area contributed by atoms with E-state index in [9.17, 15) is 13.2 Å². The molecular weight excluding hydrogens is 366 g/mol. The quantitative estimate of drug-likeness (QED) is 0.728. The second-order valence-corrected chi connectivity index (χ2v) is 7.49. The highest BCUT2D eigenvalue weighted by molar-refractivity contribution is 7.89. The van der Waals surface area contributed by atoms with Gasteiger partial charge >= 0.3 is 5.97 Å². The highest BCUT2D eigenvalue weighted by Crippen LogP contribution is 2.33. The van der Waals surface area contributed by atoms with Crippen molar-refractivity contribution in [1.29, 1.82) is 0 Å². The number of rotatable bonds is 6. The summed E-state index contributed by atoms with van der Waals surface area (Å²) < 4.78 is 33.0. The van der Waals surface area contributed by atoms with E-state index in [-0.39, 0.29) is 35.6 Å². The van der Waals surface area contributed by atoms with E-state index in [4.69, 9.17) is 10.5 Å². The number of ether oxygens (including phenoxy) is 1. The fraction of sp³-hybridized carbons (Fsp3) is 0.375. The number of carbonyl (C=O) groups excluding carboxylic acids is 1. The largest absolute Gasteiger partial charge is 0.464 e. The Morgan fingerprint density at radius 1 is 1.36 bits per heavy atom. The van der Waals surface area contributed by atoms with Gasteiger partial charge in [-0.25, -0.2) is 22.9 Å². The predicted octanol–water partition coefficient (Wildman–Crippen LogP) is 1.46. The van der Waals surface area contributed by atoms with Crippen LogP contribution in [0.1, 0.15) is 23.3 Å². The molecule has 0 saturated heterocycles. The van der Waals surface area contributed by atoms with Gasteiger partial charge in [0.2, 0.25) is 10.0 Å². The summed E-state index contributed by atoms with van der Waals surface area (Å²) in [7, 11) is -2.51. The molecule has 0 radical (unpaired) electrons. The van der Waals surface area contributed by atoms with E-state index in [2.05, 4.69) is 9.71 Å². The number of pyridine rings is 1. The van der Waals surface area contributed by atoms with Crippen LogP contribution >= 0.6 is 12.4 Å². The summed E-state index contributed by atoms with van der Waals surface area (Å²) in [6.07, 6.45) is 3.36. The first-order chi connectivity index (χ1) is 11.5. The lowest BCUT2D eigenvalue weighted by Gasteiger charge is -2.17. The number of sulfonamides is 1. The third-order valence-corrected chi connectivity index (χ3v) is 5.73. The van der Waals surface area contributed by atoms with Gasteiger partial charge in [0.25, 0.3) is 0 Å². The molecule has 2 aromatic rings.